The normalized spacial score (nSPS) is 12.4. The van der Waals surface area contributed by atoms with Gasteiger partial charge in [-0.1, -0.05) is 113 Å². The Bertz CT molecular complexity index is 2510. The van der Waals surface area contributed by atoms with Crippen LogP contribution in [0.1, 0.15) is 56.8 Å². The molecule has 6 aromatic carbocycles. The van der Waals surface area contributed by atoms with Crippen LogP contribution in [0.4, 0.5) is 11.4 Å². The summed E-state index contributed by atoms with van der Waals surface area (Å²) in [4.78, 5) is 48.6. The van der Waals surface area contributed by atoms with Gasteiger partial charge in [0.1, 0.15) is 0 Å². The number of hydrogen-bond acceptors (Lipinski definition) is 8. The summed E-state index contributed by atoms with van der Waals surface area (Å²) in [5.41, 5.74) is 12.7. The van der Waals surface area contributed by atoms with Crippen LogP contribution in [-0.2, 0) is 9.68 Å². The van der Waals surface area contributed by atoms with Gasteiger partial charge < -0.3 is 0 Å². The number of hydroxylamine groups is 2. The van der Waals surface area contributed by atoms with Crippen LogP contribution in [0.5, 0.6) is 0 Å². The highest BCUT2D eigenvalue weighted by Crippen LogP contribution is 2.43. The maximum Gasteiger partial charge on any atom is 0.274 e. The van der Waals surface area contributed by atoms with Crippen molar-refractivity contribution in [3.8, 4) is 0 Å². The number of benzene rings is 6. The van der Waals surface area contributed by atoms with Crippen molar-refractivity contribution in [1.29, 1.82) is 0 Å². The van der Waals surface area contributed by atoms with E-state index < -0.39 is 0 Å². The first-order valence-corrected chi connectivity index (χ1v) is 20.1. The van der Waals surface area contributed by atoms with Gasteiger partial charge in [0.05, 0.1) is 36.0 Å². The molecule has 0 bridgehead atoms. The zero-order valence-electron chi connectivity index (χ0n) is 30.2. The van der Waals surface area contributed by atoms with Crippen LogP contribution in [0.3, 0.4) is 0 Å². The number of carbonyl (C=O) groups excluding carboxylic acids is 2. The van der Waals surface area contributed by atoms with Crippen molar-refractivity contribution in [3.05, 3.63) is 177 Å². The number of halogens is 2. The minimum absolute atomic E-state index is 0.295. The van der Waals surface area contributed by atoms with Gasteiger partial charge in [-0.2, -0.15) is 0 Å². The standard InChI is InChI=1S/2C22H17ClN2O2S/c1-2-27-25-22(26)14-11-12-20-18(13-14)24-21(15-7-3-5-9-17(15)23)16-8-4-6-10-19(16)28-20;1-2-27-25-22(26)15-10-11-20-18(13-15)24-21(14-6-5-7-16(23)12-14)17-8-3-4-9-19(17)28-20/h2*3-13H,2H2,1H3,(H,25,26). The Balaban J connectivity index is 0.000000172. The van der Waals surface area contributed by atoms with Gasteiger partial charge in [0, 0.05) is 63.0 Å². The summed E-state index contributed by atoms with van der Waals surface area (Å²) in [6.45, 7) is 4.42. The van der Waals surface area contributed by atoms with Crippen molar-refractivity contribution >= 4 is 81.3 Å². The molecule has 2 aliphatic rings. The van der Waals surface area contributed by atoms with Crippen LogP contribution in [0.15, 0.2) is 163 Å². The van der Waals surface area contributed by atoms with Crippen LogP contribution >= 0.6 is 46.7 Å². The molecule has 0 saturated heterocycles. The third-order valence-corrected chi connectivity index (χ3v) is 11.3. The Kier molecular flexibility index (Phi) is 12.7. The number of amides is 2. The lowest BCUT2D eigenvalue weighted by Crippen LogP contribution is -2.23. The maximum absolute atomic E-state index is 12.3. The molecule has 280 valence electrons. The molecular weight excluding hydrogens is 784 g/mol. The fourth-order valence-electron chi connectivity index (χ4n) is 5.87. The Hall–Kier alpha value is -5.20. The molecule has 0 aliphatic carbocycles. The third-order valence-electron chi connectivity index (χ3n) is 8.48. The van der Waals surface area contributed by atoms with Gasteiger partial charge in [-0.05, 0) is 80.6 Å². The summed E-state index contributed by atoms with van der Waals surface area (Å²) >= 11 is 16.0. The van der Waals surface area contributed by atoms with E-state index in [-0.39, 0.29) is 11.8 Å². The molecule has 0 saturated carbocycles. The fraction of sp³-hybridized carbons (Fsp3) is 0.0909. The Labute approximate surface area is 343 Å². The molecule has 12 heteroatoms. The first-order chi connectivity index (χ1) is 27.3. The summed E-state index contributed by atoms with van der Waals surface area (Å²) in [5.74, 6) is -0.596. The number of aliphatic imine (C=N–C) groups is 2. The van der Waals surface area contributed by atoms with E-state index >= 15 is 0 Å². The summed E-state index contributed by atoms with van der Waals surface area (Å²) < 4.78 is 0. The molecule has 0 fully saturated rings. The lowest BCUT2D eigenvalue weighted by Gasteiger charge is -2.10. The summed E-state index contributed by atoms with van der Waals surface area (Å²) in [5, 5.41) is 1.29. The van der Waals surface area contributed by atoms with Gasteiger partial charge in [0.25, 0.3) is 11.8 Å². The summed E-state index contributed by atoms with van der Waals surface area (Å²) in [6.07, 6.45) is 0. The van der Waals surface area contributed by atoms with E-state index in [9.17, 15) is 9.59 Å². The molecule has 0 unspecified atom stereocenters. The van der Waals surface area contributed by atoms with Gasteiger partial charge in [-0.25, -0.2) is 20.9 Å². The molecule has 0 radical (unpaired) electrons. The topological polar surface area (TPSA) is 101 Å². The maximum atomic E-state index is 12.3. The number of carbonyl (C=O) groups is 2. The molecule has 56 heavy (non-hydrogen) atoms. The lowest BCUT2D eigenvalue weighted by molar-refractivity contribution is 0.0362. The quantitative estimate of drug-likeness (QED) is 0.148. The van der Waals surface area contributed by atoms with Crippen molar-refractivity contribution in [2.75, 3.05) is 13.2 Å². The van der Waals surface area contributed by atoms with E-state index in [1.165, 1.54) is 0 Å². The second-order valence-corrected chi connectivity index (χ2v) is 15.2. The molecule has 0 atom stereocenters. The number of rotatable bonds is 8. The second-order valence-electron chi connectivity index (χ2n) is 12.2. The average Bonchev–Trinajstić information content (AvgIpc) is 3.49. The van der Waals surface area contributed by atoms with Gasteiger partial charge in [0.2, 0.25) is 0 Å². The second kappa shape index (κ2) is 18.2. The first kappa shape index (κ1) is 39.1. The van der Waals surface area contributed by atoms with Crippen LogP contribution in [-0.4, -0.2) is 36.5 Å². The Morgan fingerprint density at radius 3 is 1.59 bits per heavy atom. The molecule has 6 aromatic rings. The smallest absolute Gasteiger partial charge is 0.274 e. The van der Waals surface area contributed by atoms with E-state index in [1.807, 2.05) is 105 Å². The number of nitrogens with one attached hydrogen (secondary N) is 2. The summed E-state index contributed by atoms with van der Waals surface area (Å²) in [7, 11) is 0. The predicted molar refractivity (Wildman–Crippen MR) is 226 cm³/mol. The first-order valence-electron chi connectivity index (χ1n) is 17.7. The molecule has 2 amide bonds. The van der Waals surface area contributed by atoms with E-state index in [1.54, 1.807) is 47.8 Å². The van der Waals surface area contributed by atoms with Crippen molar-refractivity contribution in [3.63, 3.8) is 0 Å². The summed E-state index contributed by atoms with van der Waals surface area (Å²) in [6, 6.07) is 42.5. The Morgan fingerprint density at radius 1 is 0.554 bits per heavy atom. The van der Waals surface area contributed by atoms with Crippen molar-refractivity contribution in [2.45, 2.75) is 33.4 Å². The molecular formula is C44H34Cl2N4O4S2. The van der Waals surface area contributed by atoms with Gasteiger partial charge >= 0.3 is 0 Å². The van der Waals surface area contributed by atoms with Crippen molar-refractivity contribution in [1.82, 2.24) is 11.0 Å². The SMILES string of the molecule is CCONC(=O)c1ccc2c(c1)N=C(c1cccc(Cl)c1)c1ccccc1S2.CCONC(=O)c1ccc2c(c1)N=C(c1ccccc1Cl)c1ccccc1S2. The van der Waals surface area contributed by atoms with E-state index in [2.05, 4.69) is 29.2 Å². The van der Waals surface area contributed by atoms with E-state index in [0.29, 0.717) is 34.4 Å². The molecule has 0 aromatic heterocycles. The lowest BCUT2D eigenvalue weighted by atomic mass is 10.0. The average molecular weight is 818 g/mol. The van der Waals surface area contributed by atoms with Crippen LogP contribution < -0.4 is 11.0 Å². The highest BCUT2D eigenvalue weighted by atomic mass is 35.5. The van der Waals surface area contributed by atoms with Crippen LogP contribution in [0.25, 0.3) is 0 Å². The predicted octanol–water partition coefficient (Wildman–Crippen LogP) is 11.3. The van der Waals surface area contributed by atoms with Crippen LogP contribution in [0, 0.1) is 0 Å². The largest absolute Gasteiger partial charge is 0.274 e. The molecule has 2 N–H and O–H groups in total. The molecule has 0 spiro atoms. The highest BCUT2D eigenvalue weighted by molar-refractivity contribution is 7.99. The molecule has 2 heterocycles. The Morgan fingerprint density at radius 2 is 1.05 bits per heavy atom. The van der Waals surface area contributed by atoms with E-state index in [0.717, 1.165) is 64.6 Å². The highest BCUT2D eigenvalue weighted by Gasteiger charge is 2.22. The van der Waals surface area contributed by atoms with Gasteiger partial charge in [-0.15, -0.1) is 0 Å². The molecule has 8 nitrogen and oxygen atoms in total. The zero-order valence-corrected chi connectivity index (χ0v) is 33.4. The van der Waals surface area contributed by atoms with E-state index in [4.69, 9.17) is 42.9 Å². The van der Waals surface area contributed by atoms with Gasteiger partial charge in [0.15, 0.2) is 0 Å². The number of fused-ring (bicyclic) bond motifs is 4. The minimum Gasteiger partial charge on any atom is -0.274 e. The monoisotopic (exact) mass is 816 g/mol. The number of nitrogens with zero attached hydrogens (tertiary/aromatic N) is 2. The van der Waals surface area contributed by atoms with Crippen molar-refractivity contribution in [2.24, 2.45) is 9.98 Å². The minimum atomic E-state index is -0.300. The molecule has 2 aliphatic heterocycles. The van der Waals surface area contributed by atoms with Crippen LogP contribution in [0.2, 0.25) is 10.0 Å². The zero-order chi connectivity index (χ0) is 39.0. The fourth-order valence-corrected chi connectivity index (χ4v) is 8.30. The number of hydrogen-bond donors (Lipinski definition) is 2. The molecule has 8 rings (SSSR count). The van der Waals surface area contributed by atoms with Crippen molar-refractivity contribution < 1.29 is 19.3 Å². The third kappa shape index (κ3) is 8.92. The van der Waals surface area contributed by atoms with Gasteiger partial charge in [-0.3, -0.25) is 19.3 Å².